The number of rotatable bonds is 5. The summed E-state index contributed by atoms with van der Waals surface area (Å²) in [6.07, 6.45) is 3.17. The van der Waals surface area contributed by atoms with E-state index in [-0.39, 0.29) is 0 Å². The molecule has 6 nitrogen and oxygen atoms in total. The van der Waals surface area contributed by atoms with E-state index < -0.39 is 17.9 Å². The number of nitrogens with one attached hydrogen (secondary N) is 1. The first kappa shape index (κ1) is 13.9. The molecule has 0 aromatic carbocycles. The van der Waals surface area contributed by atoms with Crippen LogP contribution in [0.25, 0.3) is 0 Å². The number of nitrogens with zero attached hydrogens (tertiary/aromatic N) is 1. The molecule has 0 radical (unpaired) electrons. The molecule has 6 heteroatoms. The molecule has 1 atom stereocenters. The van der Waals surface area contributed by atoms with Gasteiger partial charge in [-0.25, -0.2) is 4.79 Å². The van der Waals surface area contributed by atoms with Gasteiger partial charge in [0.1, 0.15) is 0 Å². The van der Waals surface area contributed by atoms with Crippen LogP contribution >= 0.6 is 0 Å². The topological polar surface area (TPSA) is 95.7 Å². The smallest absolute Gasteiger partial charge is 0.330 e. The molecule has 4 N–H and O–H groups in total. The van der Waals surface area contributed by atoms with Gasteiger partial charge in [0.2, 0.25) is 5.91 Å². The summed E-state index contributed by atoms with van der Waals surface area (Å²) in [4.78, 5) is 24.0. The second-order valence-corrected chi connectivity index (χ2v) is 4.64. The first-order valence-electron chi connectivity index (χ1n) is 5.95. The largest absolute Gasteiger partial charge is 0.480 e. The third kappa shape index (κ3) is 4.70. The molecule has 1 amide bonds. The molecule has 1 aliphatic heterocycles. The van der Waals surface area contributed by atoms with Crippen LogP contribution in [0.4, 0.5) is 0 Å². The minimum Gasteiger partial charge on any atom is -0.480 e. The van der Waals surface area contributed by atoms with E-state index >= 15 is 0 Å². The second kappa shape index (κ2) is 6.56. The molecular weight excluding hydrogens is 222 g/mol. The first-order valence-corrected chi connectivity index (χ1v) is 5.95. The maximum atomic E-state index is 11.3. The Morgan fingerprint density at radius 1 is 1.47 bits per heavy atom. The van der Waals surface area contributed by atoms with Crippen LogP contribution in [0.1, 0.15) is 19.3 Å². The lowest BCUT2D eigenvalue weighted by Crippen LogP contribution is -2.46. The quantitative estimate of drug-likeness (QED) is 0.552. The Kier molecular flexibility index (Phi) is 5.37. The predicted molar refractivity (Wildman–Crippen MR) is 63.5 cm³/mol. The molecule has 1 rings (SSSR count). The summed E-state index contributed by atoms with van der Waals surface area (Å²) in [6, 6.07) is -1.45. The zero-order valence-corrected chi connectivity index (χ0v) is 10.2. The normalized spacial score (nSPS) is 19.9. The molecular formula is C11H21N3O3. The highest BCUT2D eigenvalue weighted by Crippen LogP contribution is 2.18. The molecule has 17 heavy (non-hydrogen) atoms. The van der Waals surface area contributed by atoms with Crippen LogP contribution in [0.2, 0.25) is 0 Å². The molecule has 0 spiro atoms. The summed E-state index contributed by atoms with van der Waals surface area (Å²) < 4.78 is 0. The van der Waals surface area contributed by atoms with Crippen LogP contribution < -0.4 is 11.1 Å². The highest BCUT2D eigenvalue weighted by atomic mass is 16.4. The van der Waals surface area contributed by atoms with E-state index in [1.165, 1.54) is 0 Å². The maximum Gasteiger partial charge on any atom is 0.330 e. The lowest BCUT2D eigenvalue weighted by atomic mass is 9.94. The molecule has 1 aliphatic rings. The molecule has 1 saturated heterocycles. The van der Waals surface area contributed by atoms with Crippen molar-refractivity contribution in [1.82, 2.24) is 10.2 Å². The van der Waals surface area contributed by atoms with Gasteiger partial charge in [0.15, 0.2) is 6.04 Å². The molecule has 0 aromatic rings. The Bertz CT molecular complexity index is 275. The number of carbonyl (C=O) groups excluding carboxylic acids is 1. The van der Waals surface area contributed by atoms with Crippen molar-refractivity contribution < 1.29 is 14.7 Å². The lowest BCUT2D eigenvalue weighted by Gasteiger charge is -2.28. The summed E-state index contributed by atoms with van der Waals surface area (Å²) in [7, 11) is 2.10. The van der Waals surface area contributed by atoms with Crippen LogP contribution in [-0.2, 0) is 9.59 Å². The molecule has 0 aliphatic carbocycles. The van der Waals surface area contributed by atoms with E-state index in [1.807, 2.05) is 0 Å². The second-order valence-electron chi connectivity index (χ2n) is 4.64. The average Bonchev–Trinajstić information content (AvgIpc) is 2.30. The third-order valence-corrected chi connectivity index (χ3v) is 3.24. The molecule has 0 aromatic heterocycles. The van der Waals surface area contributed by atoms with Gasteiger partial charge >= 0.3 is 5.97 Å². The van der Waals surface area contributed by atoms with E-state index in [0.717, 1.165) is 32.4 Å². The summed E-state index contributed by atoms with van der Waals surface area (Å²) in [5.41, 5.74) is 5.18. The number of nitrogens with two attached hydrogens (primary N) is 1. The van der Waals surface area contributed by atoms with Crippen LogP contribution in [-0.4, -0.2) is 54.6 Å². The van der Waals surface area contributed by atoms with E-state index in [2.05, 4.69) is 17.3 Å². The van der Waals surface area contributed by atoms with Gasteiger partial charge in [0.05, 0.1) is 0 Å². The third-order valence-electron chi connectivity index (χ3n) is 3.24. The molecule has 1 heterocycles. The number of hydrogen-bond acceptors (Lipinski definition) is 4. The maximum absolute atomic E-state index is 11.3. The van der Waals surface area contributed by atoms with E-state index in [9.17, 15) is 9.59 Å². The van der Waals surface area contributed by atoms with Crippen molar-refractivity contribution in [2.45, 2.75) is 25.3 Å². The minimum atomic E-state index is -1.45. The van der Waals surface area contributed by atoms with Gasteiger partial charge in [-0.2, -0.15) is 0 Å². The van der Waals surface area contributed by atoms with E-state index in [4.69, 9.17) is 10.8 Å². The van der Waals surface area contributed by atoms with Crippen molar-refractivity contribution in [2.24, 2.45) is 11.7 Å². The van der Waals surface area contributed by atoms with Crippen LogP contribution in [0.15, 0.2) is 0 Å². The zero-order chi connectivity index (χ0) is 12.8. The summed E-state index contributed by atoms with van der Waals surface area (Å²) in [5.74, 6) is -1.28. The Balaban J connectivity index is 2.15. The molecule has 1 fully saturated rings. The van der Waals surface area contributed by atoms with Crippen molar-refractivity contribution in [2.75, 3.05) is 26.7 Å². The van der Waals surface area contributed by atoms with E-state index in [0.29, 0.717) is 12.5 Å². The minimum absolute atomic E-state index is 0.508. The number of likely N-dealkylation sites (tertiary alicyclic amines) is 1. The lowest BCUT2D eigenvalue weighted by molar-refractivity contribution is -0.142. The summed E-state index contributed by atoms with van der Waals surface area (Å²) in [6.45, 7) is 2.69. The van der Waals surface area contributed by atoms with Crippen molar-refractivity contribution in [3.8, 4) is 0 Å². The molecule has 1 unspecified atom stereocenters. The monoisotopic (exact) mass is 243 g/mol. The highest BCUT2D eigenvalue weighted by Gasteiger charge is 2.21. The number of piperidine rings is 1. The standard InChI is InChI=1S/C11H21N3O3/c1-14-6-3-8(4-7-14)2-5-13-10(15)9(12)11(16)17/h8-9H,2-7,12H2,1H3,(H,13,15)(H,16,17). The van der Waals surface area contributed by atoms with Crippen molar-refractivity contribution >= 4 is 11.9 Å². The van der Waals surface area contributed by atoms with Gasteiger partial charge in [-0.1, -0.05) is 0 Å². The van der Waals surface area contributed by atoms with Gasteiger partial charge < -0.3 is 21.1 Å². The van der Waals surface area contributed by atoms with Crippen molar-refractivity contribution in [1.29, 1.82) is 0 Å². The van der Waals surface area contributed by atoms with Gasteiger partial charge in [-0.05, 0) is 45.3 Å². The summed E-state index contributed by atoms with van der Waals surface area (Å²) >= 11 is 0. The van der Waals surface area contributed by atoms with E-state index in [1.54, 1.807) is 0 Å². The number of carboxylic acids is 1. The van der Waals surface area contributed by atoms with Gasteiger partial charge in [-0.3, -0.25) is 4.79 Å². The molecule has 0 bridgehead atoms. The Labute approximate surface area is 101 Å². The van der Waals surface area contributed by atoms with Gasteiger partial charge in [0.25, 0.3) is 0 Å². The fourth-order valence-electron chi connectivity index (χ4n) is 1.97. The SMILES string of the molecule is CN1CCC(CCNC(=O)C(N)C(=O)O)CC1. The number of amides is 1. The number of hydrogen-bond donors (Lipinski definition) is 3. The van der Waals surface area contributed by atoms with Crippen LogP contribution in [0, 0.1) is 5.92 Å². The van der Waals surface area contributed by atoms with Crippen molar-refractivity contribution in [3.63, 3.8) is 0 Å². The Hall–Kier alpha value is -1.14. The fourth-order valence-corrected chi connectivity index (χ4v) is 1.97. The fraction of sp³-hybridized carbons (Fsp3) is 0.818. The Morgan fingerprint density at radius 3 is 2.59 bits per heavy atom. The van der Waals surface area contributed by atoms with Gasteiger partial charge in [-0.15, -0.1) is 0 Å². The van der Waals surface area contributed by atoms with Gasteiger partial charge in [0, 0.05) is 6.54 Å². The number of carboxylic acid groups (broad SMARTS) is 1. The highest BCUT2D eigenvalue weighted by molar-refractivity contribution is 6.00. The number of carbonyl (C=O) groups is 2. The van der Waals surface area contributed by atoms with Crippen LogP contribution in [0.5, 0.6) is 0 Å². The molecule has 0 saturated carbocycles. The van der Waals surface area contributed by atoms with Crippen molar-refractivity contribution in [3.05, 3.63) is 0 Å². The van der Waals surface area contributed by atoms with Crippen LogP contribution in [0.3, 0.4) is 0 Å². The number of aliphatic carboxylic acids is 1. The predicted octanol–water partition coefficient (Wildman–Crippen LogP) is -0.754. The zero-order valence-electron chi connectivity index (χ0n) is 10.2. The molecule has 98 valence electrons. The summed E-state index contributed by atoms with van der Waals surface area (Å²) in [5, 5.41) is 11.1. The average molecular weight is 243 g/mol. The first-order chi connectivity index (χ1) is 8.00. The Morgan fingerprint density at radius 2 is 2.06 bits per heavy atom.